The van der Waals surface area contributed by atoms with Crippen LogP contribution in [0.15, 0.2) is 41.1 Å². The molecule has 0 unspecified atom stereocenters. The fraction of sp³-hybridized carbons (Fsp3) is 0.0769. The van der Waals surface area contributed by atoms with Gasteiger partial charge in [0.15, 0.2) is 0 Å². The second kappa shape index (κ2) is 4.42. The van der Waals surface area contributed by atoms with Crippen LogP contribution in [0, 0.1) is 0 Å². The molecule has 2 heterocycles. The van der Waals surface area contributed by atoms with Gasteiger partial charge in [-0.05, 0) is 23.8 Å². The van der Waals surface area contributed by atoms with Crippen molar-refractivity contribution in [2.45, 2.75) is 0 Å². The first kappa shape index (κ1) is 11.2. The Labute approximate surface area is 113 Å². The molecule has 0 atom stereocenters. The van der Waals surface area contributed by atoms with E-state index in [0.29, 0.717) is 0 Å². The summed E-state index contributed by atoms with van der Waals surface area (Å²) in [5, 5.41) is 4.06. The van der Waals surface area contributed by atoms with Crippen molar-refractivity contribution in [3.05, 3.63) is 41.1 Å². The van der Waals surface area contributed by atoms with Gasteiger partial charge in [0.2, 0.25) is 0 Å². The fourth-order valence-electron chi connectivity index (χ4n) is 1.92. The molecule has 0 amide bonds. The number of H-pyrrole nitrogens is 1. The topological polar surface area (TPSA) is 53.6 Å². The summed E-state index contributed by atoms with van der Waals surface area (Å²) in [6, 6.07) is 10.2. The SMILES string of the molecule is CNc1ncnc2[nH]c(-c3ccc(Br)cc3)cc12. The average molecular weight is 303 g/mol. The number of rotatable bonds is 2. The zero-order valence-corrected chi connectivity index (χ0v) is 11.3. The van der Waals surface area contributed by atoms with E-state index in [9.17, 15) is 0 Å². The molecule has 0 fully saturated rings. The van der Waals surface area contributed by atoms with Gasteiger partial charge >= 0.3 is 0 Å². The van der Waals surface area contributed by atoms with Gasteiger partial charge in [0.05, 0.1) is 5.39 Å². The Morgan fingerprint density at radius 2 is 1.94 bits per heavy atom. The van der Waals surface area contributed by atoms with Crippen molar-refractivity contribution in [1.82, 2.24) is 15.0 Å². The molecule has 0 spiro atoms. The predicted octanol–water partition coefficient (Wildman–Crippen LogP) is 3.43. The van der Waals surface area contributed by atoms with Crippen LogP contribution in [0.3, 0.4) is 0 Å². The highest BCUT2D eigenvalue weighted by atomic mass is 79.9. The number of anilines is 1. The van der Waals surface area contributed by atoms with E-state index >= 15 is 0 Å². The van der Waals surface area contributed by atoms with E-state index in [1.54, 1.807) is 6.33 Å². The Hall–Kier alpha value is -1.88. The molecule has 18 heavy (non-hydrogen) atoms. The summed E-state index contributed by atoms with van der Waals surface area (Å²) in [5.74, 6) is 0.833. The van der Waals surface area contributed by atoms with Gasteiger partial charge in [-0.15, -0.1) is 0 Å². The number of hydrogen-bond acceptors (Lipinski definition) is 3. The third kappa shape index (κ3) is 1.86. The van der Waals surface area contributed by atoms with E-state index in [-0.39, 0.29) is 0 Å². The molecule has 90 valence electrons. The minimum absolute atomic E-state index is 0.833. The number of halogens is 1. The number of fused-ring (bicyclic) bond motifs is 1. The van der Waals surface area contributed by atoms with E-state index in [0.717, 1.165) is 32.6 Å². The zero-order chi connectivity index (χ0) is 12.5. The third-order valence-corrected chi connectivity index (χ3v) is 3.35. The molecule has 0 saturated heterocycles. The molecule has 0 aliphatic carbocycles. The monoisotopic (exact) mass is 302 g/mol. The molecular weight excluding hydrogens is 292 g/mol. The van der Waals surface area contributed by atoms with E-state index in [1.807, 2.05) is 19.2 Å². The smallest absolute Gasteiger partial charge is 0.143 e. The van der Waals surface area contributed by atoms with Crippen molar-refractivity contribution >= 4 is 32.8 Å². The minimum atomic E-state index is 0.833. The maximum atomic E-state index is 4.24. The Morgan fingerprint density at radius 3 is 2.67 bits per heavy atom. The molecule has 0 aliphatic heterocycles. The lowest BCUT2D eigenvalue weighted by Crippen LogP contribution is -1.92. The average Bonchev–Trinajstić information content (AvgIpc) is 2.83. The van der Waals surface area contributed by atoms with Crippen molar-refractivity contribution in [3.8, 4) is 11.3 Å². The van der Waals surface area contributed by atoms with Crippen LogP contribution in [-0.2, 0) is 0 Å². The van der Waals surface area contributed by atoms with E-state index < -0.39 is 0 Å². The second-order valence-electron chi connectivity index (χ2n) is 3.92. The first-order valence-electron chi connectivity index (χ1n) is 5.55. The summed E-state index contributed by atoms with van der Waals surface area (Å²) >= 11 is 3.43. The van der Waals surface area contributed by atoms with Crippen LogP contribution in [0.2, 0.25) is 0 Å². The highest BCUT2D eigenvalue weighted by Crippen LogP contribution is 2.27. The van der Waals surface area contributed by atoms with Gasteiger partial charge in [0.1, 0.15) is 17.8 Å². The zero-order valence-electron chi connectivity index (χ0n) is 9.74. The Kier molecular flexibility index (Phi) is 2.76. The van der Waals surface area contributed by atoms with Gasteiger partial charge in [0.25, 0.3) is 0 Å². The number of nitrogens with one attached hydrogen (secondary N) is 2. The molecule has 3 aromatic rings. The highest BCUT2D eigenvalue weighted by Gasteiger charge is 2.07. The predicted molar refractivity (Wildman–Crippen MR) is 76.6 cm³/mol. The van der Waals surface area contributed by atoms with Crippen molar-refractivity contribution in [1.29, 1.82) is 0 Å². The maximum absolute atomic E-state index is 4.24. The largest absolute Gasteiger partial charge is 0.372 e. The van der Waals surface area contributed by atoms with Gasteiger partial charge in [-0.25, -0.2) is 9.97 Å². The van der Waals surface area contributed by atoms with Crippen molar-refractivity contribution < 1.29 is 0 Å². The summed E-state index contributed by atoms with van der Waals surface area (Å²) in [4.78, 5) is 11.7. The molecule has 5 heteroatoms. The first-order valence-corrected chi connectivity index (χ1v) is 6.34. The summed E-state index contributed by atoms with van der Waals surface area (Å²) in [5.41, 5.74) is 3.00. The van der Waals surface area contributed by atoms with Crippen molar-refractivity contribution in [3.63, 3.8) is 0 Å². The van der Waals surface area contributed by atoms with Crippen molar-refractivity contribution in [2.75, 3.05) is 12.4 Å². The minimum Gasteiger partial charge on any atom is -0.372 e. The summed E-state index contributed by atoms with van der Waals surface area (Å²) in [6.45, 7) is 0. The van der Waals surface area contributed by atoms with Crippen LogP contribution < -0.4 is 5.32 Å². The number of nitrogens with zero attached hydrogens (tertiary/aromatic N) is 2. The normalized spacial score (nSPS) is 10.8. The van der Waals surface area contributed by atoms with Crippen molar-refractivity contribution in [2.24, 2.45) is 0 Å². The Morgan fingerprint density at radius 1 is 1.17 bits per heavy atom. The van der Waals surface area contributed by atoms with Gasteiger partial charge in [0, 0.05) is 17.2 Å². The van der Waals surface area contributed by atoms with Gasteiger partial charge in [-0.1, -0.05) is 28.1 Å². The lowest BCUT2D eigenvalue weighted by atomic mass is 10.1. The van der Waals surface area contributed by atoms with Crippen LogP contribution in [0.1, 0.15) is 0 Å². The maximum Gasteiger partial charge on any atom is 0.143 e. The first-order chi connectivity index (χ1) is 8.78. The Balaban J connectivity index is 2.16. The standard InChI is InChI=1S/C13H11BrN4/c1-15-12-10-6-11(18-13(10)17-7-16-12)8-2-4-9(14)5-3-8/h2-7H,1H3,(H2,15,16,17,18). The molecular formula is C13H11BrN4. The quantitative estimate of drug-likeness (QED) is 0.762. The molecule has 4 nitrogen and oxygen atoms in total. The summed E-state index contributed by atoms with van der Waals surface area (Å²) in [6.07, 6.45) is 1.55. The van der Waals surface area contributed by atoms with Crippen LogP contribution in [0.4, 0.5) is 5.82 Å². The number of aromatic nitrogens is 3. The van der Waals surface area contributed by atoms with E-state index in [4.69, 9.17) is 0 Å². The molecule has 0 radical (unpaired) electrons. The Bertz CT molecular complexity index is 688. The van der Waals surface area contributed by atoms with Gasteiger partial charge < -0.3 is 10.3 Å². The third-order valence-electron chi connectivity index (χ3n) is 2.82. The summed E-state index contributed by atoms with van der Waals surface area (Å²) in [7, 11) is 1.86. The van der Waals surface area contributed by atoms with Gasteiger partial charge in [-0.2, -0.15) is 0 Å². The molecule has 0 bridgehead atoms. The van der Waals surface area contributed by atoms with Crippen LogP contribution in [0.5, 0.6) is 0 Å². The van der Waals surface area contributed by atoms with Gasteiger partial charge in [-0.3, -0.25) is 0 Å². The molecule has 2 N–H and O–H groups in total. The lowest BCUT2D eigenvalue weighted by molar-refractivity contribution is 1.19. The summed E-state index contributed by atoms with van der Waals surface area (Å²) < 4.78 is 1.07. The number of hydrogen-bond donors (Lipinski definition) is 2. The molecule has 1 aromatic carbocycles. The second-order valence-corrected chi connectivity index (χ2v) is 4.84. The molecule has 2 aromatic heterocycles. The molecule has 0 aliphatic rings. The van der Waals surface area contributed by atoms with E-state index in [1.165, 1.54) is 0 Å². The fourth-order valence-corrected chi connectivity index (χ4v) is 2.19. The molecule has 0 saturated carbocycles. The van der Waals surface area contributed by atoms with Crippen LogP contribution in [0.25, 0.3) is 22.3 Å². The van der Waals surface area contributed by atoms with E-state index in [2.05, 4.69) is 54.4 Å². The number of benzene rings is 1. The lowest BCUT2D eigenvalue weighted by Gasteiger charge is -1.97. The highest BCUT2D eigenvalue weighted by molar-refractivity contribution is 9.10. The van der Waals surface area contributed by atoms with Crippen LogP contribution in [-0.4, -0.2) is 22.0 Å². The number of aromatic amines is 1. The van der Waals surface area contributed by atoms with Crippen LogP contribution >= 0.6 is 15.9 Å². The molecule has 3 rings (SSSR count).